The number of carbonyl (C=O) groups excluding carboxylic acids is 1. The minimum absolute atomic E-state index is 0.117. The molecule has 3 aromatic rings. The summed E-state index contributed by atoms with van der Waals surface area (Å²) in [6.07, 6.45) is 10.6. The lowest BCUT2D eigenvalue weighted by Gasteiger charge is -2.24. The molecule has 0 aliphatic carbocycles. The third-order valence-electron chi connectivity index (χ3n) is 4.85. The van der Waals surface area contributed by atoms with Crippen molar-refractivity contribution < 1.29 is 9.32 Å². The second-order valence-corrected chi connectivity index (χ2v) is 6.89. The molecule has 1 amide bonds. The lowest BCUT2D eigenvalue weighted by Crippen LogP contribution is -2.38. The smallest absolute Gasteiger partial charge is 0.258 e. The van der Waals surface area contributed by atoms with E-state index in [-0.39, 0.29) is 11.9 Å². The second-order valence-electron chi connectivity index (χ2n) is 6.89. The number of likely N-dealkylation sites (tertiary alicyclic amines) is 1. The van der Waals surface area contributed by atoms with E-state index in [0.29, 0.717) is 24.7 Å². The fraction of sp³-hybridized carbons (Fsp3) is 0.421. The summed E-state index contributed by atoms with van der Waals surface area (Å²) in [5.41, 5.74) is 1.92. The van der Waals surface area contributed by atoms with Crippen molar-refractivity contribution in [2.75, 3.05) is 6.54 Å². The van der Waals surface area contributed by atoms with E-state index < -0.39 is 0 Å². The van der Waals surface area contributed by atoms with Crippen LogP contribution in [0.3, 0.4) is 0 Å². The number of rotatable bonds is 6. The molecule has 1 saturated heterocycles. The van der Waals surface area contributed by atoms with Crippen LogP contribution in [-0.2, 0) is 17.8 Å². The van der Waals surface area contributed by atoms with Crippen LogP contribution >= 0.6 is 0 Å². The van der Waals surface area contributed by atoms with Gasteiger partial charge in [-0.3, -0.25) is 14.5 Å². The van der Waals surface area contributed by atoms with E-state index in [2.05, 4.69) is 20.2 Å². The van der Waals surface area contributed by atoms with Gasteiger partial charge in [0.05, 0.1) is 6.20 Å². The van der Waals surface area contributed by atoms with Gasteiger partial charge in [-0.25, -0.2) is 0 Å². The second kappa shape index (κ2) is 7.69. The zero-order valence-electron chi connectivity index (χ0n) is 15.3. The van der Waals surface area contributed by atoms with Crippen molar-refractivity contribution in [2.24, 2.45) is 0 Å². The highest BCUT2D eigenvalue weighted by molar-refractivity contribution is 5.76. The summed E-state index contributed by atoms with van der Waals surface area (Å²) in [6.45, 7) is 3.06. The summed E-state index contributed by atoms with van der Waals surface area (Å²) in [4.78, 5) is 23.1. The number of aromatic nitrogens is 5. The van der Waals surface area contributed by atoms with Gasteiger partial charge in [0.25, 0.3) is 5.89 Å². The molecule has 1 atom stereocenters. The number of aryl methyl sites for hydroxylation is 2. The summed E-state index contributed by atoms with van der Waals surface area (Å²) in [5.74, 6) is 1.29. The Labute approximate surface area is 157 Å². The van der Waals surface area contributed by atoms with E-state index in [9.17, 15) is 4.79 Å². The normalized spacial score (nSPS) is 16.8. The Hall–Kier alpha value is -3.03. The van der Waals surface area contributed by atoms with Crippen LogP contribution in [0.15, 0.2) is 41.4 Å². The van der Waals surface area contributed by atoms with Crippen LogP contribution in [-0.4, -0.2) is 48.3 Å². The Morgan fingerprint density at radius 3 is 2.96 bits per heavy atom. The topological polar surface area (TPSA) is 89.9 Å². The molecular formula is C19H22N6O2. The van der Waals surface area contributed by atoms with Crippen LogP contribution in [0, 0.1) is 6.92 Å². The summed E-state index contributed by atoms with van der Waals surface area (Å²) in [7, 11) is 0. The number of carbonyl (C=O) groups is 1. The largest absolute Gasteiger partial charge is 0.338 e. The number of pyridine rings is 1. The molecule has 1 fully saturated rings. The molecule has 1 aliphatic rings. The van der Waals surface area contributed by atoms with Gasteiger partial charge in [0.1, 0.15) is 6.54 Å². The molecule has 27 heavy (non-hydrogen) atoms. The molecule has 140 valence electrons. The van der Waals surface area contributed by atoms with Crippen LogP contribution in [0.25, 0.3) is 11.5 Å². The van der Waals surface area contributed by atoms with Gasteiger partial charge in [0.2, 0.25) is 5.91 Å². The van der Waals surface area contributed by atoms with Crippen LogP contribution in [0.1, 0.15) is 30.7 Å². The van der Waals surface area contributed by atoms with Gasteiger partial charge in [0, 0.05) is 43.2 Å². The molecule has 4 rings (SSSR count). The summed E-state index contributed by atoms with van der Waals surface area (Å²) < 4.78 is 7.04. The van der Waals surface area contributed by atoms with E-state index in [4.69, 9.17) is 4.52 Å². The molecule has 1 aliphatic heterocycles. The van der Waals surface area contributed by atoms with Crippen molar-refractivity contribution in [1.82, 2.24) is 29.8 Å². The standard InChI is InChI=1S/C19H22N6O2/c1-14-11-21-24(12-14)13-18(26)25-10-2-3-16(25)4-5-17-22-19(27-23-17)15-6-8-20-9-7-15/h6-9,11-12,16H,2-5,10,13H2,1H3. The average Bonchev–Trinajstić information content (AvgIpc) is 3.41. The molecular weight excluding hydrogens is 344 g/mol. The van der Waals surface area contributed by atoms with E-state index in [1.807, 2.05) is 30.2 Å². The average molecular weight is 366 g/mol. The molecule has 1 unspecified atom stereocenters. The fourth-order valence-electron chi connectivity index (χ4n) is 3.51. The van der Waals surface area contributed by atoms with Gasteiger partial charge < -0.3 is 9.42 Å². The SMILES string of the molecule is Cc1cnn(CC(=O)N2CCCC2CCc2noc(-c3ccncc3)n2)c1. The lowest BCUT2D eigenvalue weighted by atomic mass is 10.1. The molecule has 8 nitrogen and oxygen atoms in total. The van der Waals surface area contributed by atoms with Gasteiger partial charge in [-0.1, -0.05) is 5.16 Å². The van der Waals surface area contributed by atoms with Crippen molar-refractivity contribution in [3.8, 4) is 11.5 Å². The van der Waals surface area contributed by atoms with E-state index in [1.54, 1.807) is 23.3 Å². The van der Waals surface area contributed by atoms with E-state index in [0.717, 1.165) is 36.9 Å². The Morgan fingerprint density at radius 2 is 2.19 bits per heavy atom. The zero-order chi connectivity index (χ0) is 18.6. The third-order valence-corrected chi connectivity index (χ3v) is 4.85. The Kier molecular flexibility index (Phi) is 4.95. The summed E-state index contributed by atoms with van der Waals surface area (Å²) >= 11 is 0. The number of nitrogens with zero attached hydrogens (tertiary/aromatic N) is 6. The molecule has 0 aromatic carbocycles. The van der Waals surface area contributed by atoms with Gasteiger partial charge in [-0.05, 0) is 43.9 Å². The summed E-state index contributed by atoms with van der Waals surface area (Å²) in [6, 6.07) is 3.90. The van der Waals surface area contributed by atoms with E-state index in [1.165, 1.54) is 0 Å². The molecule has 3 aromatic heterocycles. The quantitative estimate of drug-likeness (QED) is 0.665. The maximum atomic E-state index is 12.6. The van der Waals surface area contributed by atoms with Crippen molar-refractivity contribution in [3.05, 3.63) is 48.3 Å². The van der Waals surface area contributed by atoms with Gasteiger partial charge in [0.15, 0.2) is 5.82 Å². The monoisotopic (exact) mass is 366 g/mol. The van der Waals surface area contributed by atoms with Crippen LogP contribution in [0.4, 0.5) is 0 Å². The molecule has 0 bridgehead atoms. The van der Waals surface area contributed by atoms with Crippen molar-refractivity contribution in [2.45, 2.75) is 45.2 Å². The fourth-order valence-corrected chi connectivity index (χ4v) is 3.51. The molecule has 0 radical (unpaired) electrons. The van der Waals surface area contributed by atoms with Crippen LogP contribution < -0.4 is 0 Å². The van der Waals surface area contributed by atoms with Crippen LogP contribution in [0.2, 0.25) is 0 Å². The molecule has 0 spiro atoms. The highest BCUT2D eigenvalue weighted by atomic mass is 16.5. The summed E-state index contributed by atoms with van der Waals surface area (Å²) in [5, 5.41) is 8.28. The maximum Gasteiger partial charge on any atom is 0.258 e. The highest BCUT2D eigenvalue weighted by Gasteiger charge is 2.29. The third kappa shape index (κ3) is 4.05. The molecule has 0 saturated carbocycles. The minimum Gasteiger partial charge on any atom is -0.338 e. The predicted octanol–water partition coefficient (Wildman–Crippen LogP) is 2.26. The first kappa shape index (κ1) is 17.4. The van der Waals surface area contributed by atoms with E-state index >= 15 is 0 Å². The van der Waals surface area contributed by atoms with Gasteiger partial charge in [-0.15, -0.1) is 0 Å². The molecule has 0 N–H and O–H groups in total. The Balaban J connectivity index is 1.35. The lowest BCUT2D eigenvalue weighted by molar-refractivity contribution is -0.132. The Morgan fingerprint density at radius 1 is 1.33 bits per heavy atom. The van der Waals surface area contributed by atoms with Crippen molar-refractivity contribution in [3.63, 3.8) is 0 Å². The number of amides is 1. The molecule has 8 heteroatoms. The van der Waals surface area contributed by atoms with Gasteiger partial charge in [-0.2, -0.15) is 10.1 Å². The van der Waals surface area contributed by atoms with Crippen molar-refractivity contribution in [1.29, 1.82) is 0 Å². The Bertz CT molecular complexity index is 904. The predicted molar refractivity (Wildman–Crippen MR) is 97.5 cm³/mol. The maximum absolute atomic E-state index is 12.6. The number of hydrogen-bond donors (Lipinski definition) is 0. The van der Waals surface area contributed by atoms with Gasteiger partial charge >= 0.3 is 0 Å². The first-order chi connectivity index (χ1) is 13.2. The van der Waals surface area contributed by atoms with Crippen LogP contribution in [0.5, 0.6) is 0 Å². The number of hydrogen-bond acceptors (Lipinski definition) is 6. The first-order valence-electron chi connectivity index (χ1n) is 9.20. The zero-order valence-corrected chi connectivity index (χ0v) is 15.3. The highest BCUT2D eigenvalue weighted by Crippen LogP contribution is 2.23. The minimum atomic E-state index is 0.117. The molecule has 4 heterocycles. The first-order valence-corrected chi connectivity index (χ1v) is 9.20. The van der Waals surface area contributed by atoms with Crippen molar-refractivity contribution >= 4 is 5.91 Å².